The highest BCUT2D eigenvalue weighted by molar-refractivity contribution is 7.90. The Bertz CT molecular complexity index is 601. The first kappa shape index (κ1) is 16.1. The Morgan fingerprint density at radius 1 is 1.30 bits per heavy atom. The van der Waals surface area contributed by atoms with Gasteiger partial charge in [0, 0.05) is 13.5 Å². The van der Waals surface area contributed by atoms with Gasteiger partial charge in [-0.2, -0.15) is 0 Å². The van der Waals surface area contributed by atoms with E-state index >= 15 is 0 Å². The molecule has 2 N–H and O–H groups in total. The lowest BCUT2D eigenvalue weighted by Gasteiger charge is -2.05. The van der Waals surface area contributed by atoms with Crippen LogP contribution in [0.5, 0.6) is 0 Å². The molecule has 20 heavy (non-hydrogen) atoms. The first-order valence-electron chi connectivity index (χ1n) is 5.79. The quantitative estimate of drug-likeness (QED) is 0.832. The summed E-state index contributed by atoms with van der Waals surface area (Å²) in [5, 5.41) is 4.14. The summed E-state index contributed by atoms with van der Waals surface area (Å²) in [5.41, 5.74) is 0.316. The van der Waals surface area contributed by atoms with Gasteiger partial charge in [-0.15, -0.1) is 0 Å². The number of urea groups is 1. The average molecular weight is 302 g/mol. The Morgan fingerprint density at radius 2 is 2.00 bits per heavy atom. The Kier molecular flexibility index (Phi) is 5.63. The molecule has 0 heterocycles. The molecule has 1 rings (SSSR count). The molecule has 8 heteroatoms. The van der Waals surface area contributed by atoms with Gasteiger partial charge in [0.15, 0.2) is 9.84 Å². The SMILES string of the molecule is CNC(=O)NC(=O)CCS(=O)(=O)Cc1cccc(F)c1. The number of carbonyl (C=O) groups excluding carboxylic acids is 2. The van der Waals surface area contributed by atoms with Crippen LogP contribution in [0.25, 0.3) is 0 Å². The molecule has 6 nitrogen and oxygen atoms in total. The van der Waals surface area contributed by atoms with E-state index in [2.05, 4.69) is 5.32 Å². The Labute approximate surface area is 116 Å². The third-order valence-corrected chi connectivity index (χ3v) is 4.00. The number of sulfone groups is 1. The number of carbonyl (C=O) groups is 2. The molecular formula is C12H15FN2O4S. The van der Waals surface area contributed by atoms with E-state index in [9.17, 15) is 22.4 Å². The molecule has 0 saturated heterocycles. The van der Waals surface area contributed by atoms with E-state index in [1.807, 2.05) is 5.32 Å². The van der Waals surface area contributed by atoms with Gasteiger partial charge in [-0.25, -0.2) is 17.6 Å². The van der Waals surface area contributed by atoms with E-state index in [4.69, 9.17) is 0 Å². The maximum absolute atomic E-state index is 12.9. The van der Waals surface area contributed by atoms with Crippen LogP contribution >= 0.6 is 0 Å². The summed E-state index contributed by atoms with van der Waals surface area (Å²) in [7, 11) is -2.21. The molecule has 0 aliphatic heterocycles. The molecule has 0 unspecified atom stereocenters. The topological polar surface area (TPSA) is 92.3 Å². The Morgan fingerprint density at radius 3 is 2.60 bits per heavy atom. The number of nitrogens with one attached hydrogen (secondary N) is 2. The number of halogens is 1. The summed E-state index contributed by atoms with van der Waals surface area (Å²) in [6.45, 7) is 0. The van der Waals surface area contributed by atoms with Crippen LogP contribution in [0.4, 0.5) is 9.18 Å². The molecular weight excluding hydrogens is 287 g/mol. The smallest absolute Gasteiger partial charge is 0.321 e. The minimum atomic E-state index is -3.55. The molecule has 3 amide bonds. The van der Waals surface area contributed by atoms with Gasteiger partial charge in [0.25, 0.3) is 0 Å². The van der Waals surface area contributed by atoms with Crippen LogP contribution in [-0.4, -0.2) is 33.2 Å². The first-order chi connectivity index (χ1) is 9.32. The van der Waals surface area contributed by atoms with Gasteiger partial charge in [-0.3, -0.25) is 10.1 Å². The van der Waals surface area contributed by atoms with E-state index in [0.717, 1.165) is 6.07 Å². The summed E-state index contributed by atoms with van der Waals surface area (Å²) in [6, 6.07) is 4.55. The van der Waals surface area contributed by atoms with Crippen LogP contribution in [0, 0.1) is 5.82 Å². The second-order valence-electron chi connectivity index (χ2n) is 4.10. The number of rotatable bonds is 5. The van der Waals surface area contributed by atoms with Crippen molar-refractivity contribution in [1.82, 2.24) is 10.6 Å². The molecule has 1 aromatic carbocycles. The maximum Gasteiger partial charge on any atom is 0.321 e. The zero-order chi connectivity index (χ0) is 15.2. The van der Waals surface area contributed by atoms with E-state index in [1.165, 1.54) is 25.2 Å². The van der Waals surface area contributed by atoms with Crippen molar-refractivity contribution < 1.29 is 22.4 Å². The lowest BCUT2D eigenvalue weighted by molar-refractivity contribution is -0.119. The molecule has 0 saturated carbocycles. The molecule has 0 fully saturated rings. The Hall–Kier alpha value is -1.96. The number of hydrogen-bond acceptors (Lipinski definition) is 4. The molecule has 0 aliphatic carbocycles. The standard InChI is InChI=1S/C12H15FN2O4S/c1-14-12(17)15-11(16)5-6-20(18,19)8-9-3-2-4-10(13)7-9/h2-4,7H,5-6,8H2,1H3,(H2,14,15,16,17). The van der Waals surface area contributed by atoms with Crippen molar-refractivity contribution >= 4 is 21.8 Å². The highest BCUT2D eigenvalue weighted by atomic mass is 32.2. The normalized spacial score (nSPS) is 10.9. The first-order valence-corrected chi connectivity index (χ1v) is 7.61. The van der Waals surface area contributed by atoms with Crippen LogP contribution in [-0.2, 0) is 20.4 Å². The summed E-state index contributed by atoms with van der Waals surface area (Å²) >= 11 is 0. The summed E-state index contributed by atoms with van der Waals surface area (Å²) in [4.78, 5) is 22.1. The second-order valence-corrected chi connectivity index (χ2v) is 6.28. The largest absolute Gasteiger partial charge is 0.341 e. The fourth-order valence-corrected chi connectivity index (χ4v) is 2.78. The van der Waals surface area contributed by atoms with Gasteiger partial charge in [0.1, 0.15) is 5.82 Å². The molecule has 0 aromatic heterocycles. The minimum absolute atomic E-state index is 0.316. The molecule has 0 radical (unpaired) electrons. The fourth-order valence-electron chi connectivity index (χ4n) is 1.45. The molecule has 0 atom stereocenters. The van der Waals surface area contributed by atoms with Gasteiger partial charge in [0.05, 0.1) is 11.5 Å². The van der Waals surface area contributed by atoms with Crippen molar-refractivity contribution in [3.8, 4) is 0 Å². The lowest BCUT2D eigenvalue weighted by Crippen LogP contribution is -2.38. The lowest BCUT2D eigenvalue weighted by atomic mass is 10.2. The van der Waals surface area contributed by atoms with Crippen molar-refractivity contribution in [2.75, 3.05) is 12.8 Å². The minimum Gasteiger partial charge on any atom is -0.341 e. The van der Waals surface area contributed by atoms with E-state index < -0.39 is 33.3 Å². The fraction of sp³-hybridized carbons (Fsp3) is 0.333. The van der Waals surface area contributed by atoms with Gasteiger partial charge in [-0.05, 0) is 17.7 Å². The summed E-state index contributed by atoms with van der Waals surface area (Å²) in [6.07, 6.45) is -0.328. The molecule has 1 aromatic rings. The highest BCUT2D eigenvalue weighted by Crippen LogP contribution is 2.09. The van der Waals surface area contributed by atoms with E-state index in [-0.39, 0.29) is 12.2 Å². The van der Waals surface area contributed by atoms with Gasteiger partial charge in [-0.1, -0.05) is 12.1 Å². The number of imide groups is 1. The van der Waals surface area contributed by atoms with Crippen LogP contribution < -0.4 is 10.6 Å². The van der Waals surface area contributed by atoms with Crippen LogP contribution in [0.2, 0.25) is 0 Å². The van der Waals surface area contributed by atoms with E-state index in [0.29, 0.717) is 5.56 Å². The van der Waals surface area contributed by atoms with Crippen LogP contribution in [0.1, 0.15) is 12.0 Å². The predicted octanol–water partition coefficient (Wildman–Crippen LogP) is 0.586. The number of amides is 3. The Balaban J connectivity index is 2.54. The zero-order valence-corrected chi connectivity index (χ0v) is 11.7. The van der Waals surface area contributed by atoms with Crippen molar-refractivity contribution in [3.63, 3.8) is 0 Å². The van der Waals surface area contributed by atoms with E-state index in [1.54, 1.807) is 0 Å². The van der Waals surface area contributed by atoms with Crippen molar-refractivity contribution in [1.29, 1.82) is 0 Å². The maximum atomic E-state index is 12.9. The number of benzene rings is 1. The summed E-state index contributed by atoms with van der Waals surface area (Å²) < 4.78 is 36.5. The second kappa shape index (κ2) is 6.99. The van der Waals surface area contributed by atoms with Crippen molar-refractivity contribution in [2.24, 2.45) is 0 Å². The van der Waals surface area contributed by atoms with Gasteiger partial charge < -0.3 is 5.32 Å². The average Bonchev–Trinajstić information content (AvgIpc) is 2.36. The monoisotopic (exact) mass is 302 g/mol. The zero-order valence-electron chi connectivity index (χ0n) is 10.8. The van der Waals surface area contributed by atoms with Crippen molar-refractivity contribution in [2.45, 2.75) is 12.2 Å². The van der Waals surface area contributed by atoms with Gasteiger partial charge >= 0.3 is 6.03 Å². The summed E-state index contributed by atoms with van der Waals surface area (Å²) in [5.74, 6) is -1.97. The highest BCUT2D eigenvalue weighted by Gasteiger charge is 2.15. The molecule has 0 spiro atoms. The molecule has 110 valence electrons. The van der Waals surface area contributed by atoms with Crippen molar-refractivity contribution in [3.05, 3.63) is 35.6 Å². The molecule has 0 aliphatic rings. The molecule has 0 bridgehead atoms. The van der Waals surface area contributed by atoms with Crippen LogP contribution in [0.15, 0.2) is 24.3 Å². The van der Waals surface area contributed by atoms with Gasteiger partial charge in [0.2, 0.25) is 5.91 Å². The predicted molar refractivity (Wildman–Crippen MR) is 71.1 cm³/mol. The van der Waals surface area contributed by atoms with Crippen LogP contribution in [0.3, 0.4) is 0 Å². The number of hydrogen-bond donors (Lipinski definition) is 2. The third kappa shape index (κ3) is 5.79. The third-order valence-electron chi connectivity index (χ3n) is 2.40.